The predicted molar refractivity (Wildman–Crippen MR) is 80.4 cm³/mol. The van der Waals surface area contributed by atoms with Crippen molar-refractivity contribution in [2.45, 2.75) is 19.5 Å². The highest BCUT2D eigenvalue weighted by Gasteiger charge is 2.08. The first-order chi connectivity index (χ1) is 9.84. The van der Waals surface area contributed by atoms with Crippen LogP contribution in [0.2, 0.25) is 0 Å². The van der Waals surface area contributed by atoms with Crippen LogP contribution in [0.25, 0.3) is 10.8 Å². The van der Waals surface area contributed by atoms with Crippen LogP contribution >= 0.6 is 0 Å². The van der Waals surface area contributed by atoms with Gasteiger partial charge in [-0.1, -0.05) is 47.7 Å². The van der Waals surface area contributed by atoms with Crippen LogP contribution in [-0.2, 0) is 6.54 Å². The van der Waals surface area contributed by atoms with Gasteiger partial charge < -0.3 is 5.32 Å². The second kappa shape index (κ2) is 5.84. The Morgan fingerprint density at radius 2 is 2.00 bits per heavy atom. The highest BCUT2D eigenvalue weighted by Crippen LogP contribution is 2.23. The van der Waals surface area contributed by atoms with Crippen LogP contribution in [0.4, 0.5) is 0 Å². The SMILES string of the molecule is CC(NCCn1ccnn1)c1cccc2ccccc12. The van der Waals surface area contributed by atoms with E-state index in [1.807, 2.05) is 10.9 Å². The zero-order valence-electron chi connectivity index (χ0n) is 11.5. The maximum Gasteiger partial charge on any atom is 0.0692 e. The van der Waals surface area contributed by atoms with E-state index in [1.54, 1.807) is 6.20 Å². The van der Waals surface area contributed by atoms with Crippen molar-refractivity contribution in [1.82, 2.24) is 20.3 Å². The Kier molecular flexibility index (Phi) is 3.74. The molecule has 20 heavy (non-hydrogen) atoms. The molecule has 0 aliphatic rings. The van der Waals surface area contributed by atoms with E-state index in [2.05, 4.69) is 65.0 Å². The van der Waals surface area contributed by atoms with Crippen molar-refractivity contribution in [3.8, 4) is 0 Å². The standard InChI is InChI=1S/C16H18N4/c1-13(17-9-11-20-12-10-18-19-20)15-8-4-6-14-5-2-3-7-16(14)15/h2-8,10,12-13,17H,9,11H2,1H3. The van der Waals surface area contributed by atoms with E-state index in [0.717, 1.165) is 13.1 Å². The summed E-state index contributed by atoms with van der Waals surface area (Å²) in [6.45, 7) is 3.89. The minimum absolute atomic E-state index is 0.310. The Hall–Kier alpha value is -2.20. The molecule has 3 rings (SSSR count). The van der Waals surface area contributed by atoms with Crippen LogP contribution in [0.3, 0.4) is 0 Å². The number of fused-ring (bicyclic) bond motifs is 1. The summed E-state index contributed by atoms with van der Waals surface area (Å²) >= 11 is 0. The third-order valence-corrected chi connectivity index (χ3v) is 3.55. The van der Waals surface area contributed by atoms with E-state index >= 15 is 0 Å². The molecule has 2 aromatic carbocycles. The minimum atomic E-state index is 0.310. The second-order valence-electron chi connectivity index (χ2n) is 4.91. The largest absolute Gasteiger partial charge is 0.308 e. The monoisotopic (exact) mass is 266 g/mol. The van der Waals surface area contributed by atoms with E-state index in [4.69, 9.17) is 0 Å². The number of aromatic nitrogens is 3. The quantitative estimate of drug-likeness (QED) is 0.772. The molecule has 1 atom stereocenters. The Labute approximate surface area is 118 Å². The van der Waals surface area contributed by atoms with Crippen molar-refractivity contribution in [3.63, 3.8) is 0 Å². The molecule has 1 aromatic heterocycles. The lowest BCUT2D eigenvalue weighted by molar-refractivity contribution is 0.500. The Bertz CT molecular complexity index is 671. The summed E-state index contributed by atoms with van der Waals surface area (Å²) < 4.78 is 1.84. The number of nitrogens with zero attached hydrogens (tertiary/aromatic N) is 3. The fourth-order valence-corrected chi connectivity index (χ4v) is 2.49. The van der Waals surface area contributed by atoms with Crippen molar-refractivity contribution in [2.75, 3.05) is 6.54 Å². The third kappa shape index (κ3) is 2.70. The van der Waals surface area contributed by atoms with Gasteiger partial charge in [-0.2, -0.15) is 0 Å². The van der Waals surface area contributed by atoms with E-state index in [9.17, 15) is 0 Å². The molecule has 0 spiro atoms. The summed E-state index contributed by atoms with van der Waals surface area (Å²) in [5, 5.41) is 13.9. The summed E-state index contributed by atoms with van der Waals surface area (Å²) in [5.74, 6) is 0. The molecule has 102 valence electrons. The van der Waals surface area contributed by atoms with Gasteiger partial charge in [-0.05, 0) is 23.3 Å². The zero-order chi connectivity index (χ0) is 13.8. The first kappa shape index (κ1) is 12.8. The van der Waals surface area contributed by atoms with Crippen molar-refractivity contribution in [3.05, 3.63) is 60.4 Å². The lowest BCUT2D eigenvalue weighted by atomic mass is 10.00. The van der Waals surface area contributed by atoms with Gasteiger partial charge in [0.05, 0.1) is 12.7 Å². The molecule has 4 nitrogen and oxygen atoms in total. The topological polar surface area (TPSA) is 42.7 Å². The Balaban J connectivity index is 1.70. The summed E-state index contributed by atoms with van der Waals surface area (Å²) in [5.41, 5.74) is 1.33. The molecule has 1 heterocycles. The molecule has 0 amide bonds. The average Bonchev–Trinajstić information content (AvgIpc) is 3.00. The molecule has 0 fully saturated rings. The van der Waals surface area contributed by atoms with E-state index < -0.39 is 0 Å². The van der Waals surface area contributed by atoms with Crippen molar-refractivity contribution >= 4 is 10.8 Å². The molecule has 1 N–H and O–H groups in total. The van der Waals surface area contributed by atoms with Gasteiger partial charge in [-0.3, -0.25) is 4.68 Å². The molecular weight excluding hydrogens is 248 g/mol. The fourth-order valence-electron chi connectivity index (χ4n) is 2.49. The minimum Gasteiger partial charge on any atom is -0.308 e. The molecule has 0 aliphatic heterocycles. The number of nitrogens with one attached hydrogen (secondary N) is 1. The third-order valence-electron chi connectivity index (χ3n) is 3.55. The van der Waals surface area contributed by atoms with Gasteiger partial charge in [0.2, 0.25) is 0 Å². The maximum atomic E-state index is 3.96. The Morgan fingerprint density at radius 3 is 2.85 bits per heavy atom. The molecule has 0 saturated heterocycles. The molecule has 0 aliphatic carbocycles. The number of hydrogen-bond acceptors (Lipinski definition) is 3. The smallest absolute Gasteiger partial charge is 0.0692 e. The second-order valence-corrected chi connectivity index (χ2v) is 4.91. The molecule has 3 aromatic rings. The molecule has 0 bridgehead atoms. The Morgan fingerprint density at radius 1 is 1.15 bits per heavy atom. The summed E-state index contributed by atoms with van der Waals surface area (Å²) in [7, 11) is 0. The molecule has 4 heteroatoms. The van der Waals surface area contributed by atoms with Crippen molar-refractivity contribution in [1.29, 1.82) is 0 Å². The van der Waals surface area contributed by atoms with Gasteiger partial charge in [0.1, 0.15) is 0 Å². The molecule has 0 saturated carbocycles. The van der Waals surface area contributed by atoms with Crippen LogP contribution in [0.5, 0.6) is 0 Å². The van der Waals surface area contributed by atoms with Gasteiger partial charge in [0.25, 0.3) is 0 Å². The molecular formula is C16H18N4. The average molecular weight is 266 g/mol. The van der Waals surface area contributed by atoms with Crippen LogP contribution in [0, 0.1) is 0 Å². The van der Waals surface area contributed by atoms with Crippen molar-refractivity contribution < 1.29 is 0 Å². The highest BCUT2D eigenvalue weighted by molar-refractivity contribution is 5.86. The molecule has 0 radical (unpaired) electrons. The zero-order valence-corrected chi connectivity index (χ0v) is 11.5. The van der Waals surface area contributed by atoms with Crippen LogP contribution in [0.1, 0.15) is 18.5 Å². The summed E-state index contributed by atoms with van der Waals surface area (Å²) in [6, 6.07) is 15.3. The highest BCUT2D eigenvalue weighted by atomic mass is 15.4. The molecule has 1 unspecified atom stereocenters. The fraction of sp³-hybridized carbons (Fsp3) is 0.250. The first-order valence-corrected chi connectivity index (χ1v) is 6.90. The number of hydrogen-bond donors (Lipinski definition) is 1. The van der Waals surface area contributed by atoms with Crippen LogP contribution < -0.4 is 5.32 Å². The lowest BCUT2D eigenvalue weighted by Crippen LogP contribution is -2.23. The van der Waals surface area contributed by atoms with E-state index in [1.165, 1.54) is 16.3 Å². The van der Waals surface area contributed by atoms with Crippen LogP contribution in [-0.4, -0.2) is 21.5 Å². The predicted octanol–water partition coefficient (Wildman–Crippen LogP) is 2.78. The normalized spacial score (nSPS) is 12.7. The number of rotatable bonds is 5. The van der Waals surface area contributed by atoms with E-state index in [0.29, 0.717) is 6.04 Å². The van der Waals surface area contributed by atoms with Gasteiger partial charge in [0.15, 0.2) is 0 Å². The summed E-state index contributed by atoms with van der Waals surface area (Å²) in [4.78, 5) is 0. The first-order valence-electron chi connectivity index (χ1n) is 6.90. The van der Waals surface area contributed by atoms with Gasteiger partial charge in [-0.15, -0.1) is 5.10 Å². The van der Waals surface area contributed by atoms with Gasteiger partial charge in [-0.25, -0.2) is 0 Å². The van der Waals surface area contributed by atoms with Gasteiger partial charge >= 0.3 is 0 Å². The lowest BCUT2D eigenvalue weighted by Gasteiger charge is -2.16. The van der Waals surface area contributed by atoms with Gasteiger partial charge in [0, 0.05) is 18.8 Å². The van der Waals surface area contributed by atoms with Crippen LogP contribution in [0.15, 0.2) is 54.9 Å². The number of benzene rings is 2. The van der Waals surface area contributed by atoms with Crippen molar-refractivity contribution in [2.24, 2.45) is 0 Å². The van der Waals surface area contributed by atoms with E-state index in [-0.39, 0.29) is 0 Å². The maximum absolute atomic E-state index is 3.96. The summed E-state index contributed by atoms with van der Waals surface area (Å²) in [6.07, 6.45) is 3.58.